The van der Waals surface area contributed by atoms with E-state index in [1.807, 2.05) is 0 Å². The Bertz CT molecular complexity index is 447. The first-order valence-electron chi connectivity index (χ1n) is 6.19. The van der Waals surface area contributed by atoms with Crippen LogP contribution in [0.1, 0.15) is 12.8 Å². The molecule has 1 aliphatic heterocycles. The molecule has 0 bridgehead atoms. The lowest BCUT2D eigenvalue weighted by Gasteiger charge is -2.32. The average molecular weight is 268 g/mol. The number of nitrogens with one attached hydrogen (secondary N) is 2. The Morgan fingerprint density at radius 3 is 2.74 bits per heavy atom. The number of hydrogen-bond acceptors (Lipinski definition) is 3. The lowest BCUT2D eigenvalue weighted by atomic mass is 9.94. The van der Waals surface area contributed by atoms with Gasteiger partial charge in [-0.3, -0.25) is 0 Å². The van der Waals surface area contributed by atoms with Crippen LogP contribution in [0.4, 0.5) is 14.9 Å². The number of hydrogen-bond donors (Lipinski definition) is 3. The van der Waals surface area contributed by atoms with Crippen LogP contribution in [0.15, 0.2) is 24.3 Å². The molecule has 1 fully saturated rings. The summed E-state index contributed by atoms with van der Waals surface area (Å²) in [6, 6.07) is 5.37. The van der Waals surface area contributed by atoms with Gasteiger partial charge in [0.1, 0.15) is 5.82 Å². The number of aliphatic hydroxyl groups is 1. The van der Waals surface area contributed by atoms with E-state index >= 15 is 0 Å². The zero-order valence-corrected chi connectivity index (χ0v) is 10.5. The number of halogens is 1. The molecule has 2 rings (SSSR count). The van der Waals surface area contributed by atoms with Crippen LogP contribution in [0, 0.1) is 5.82 Å². The third kappa shape index (κ3) is 3.90. The molecule has 104 valence electrons. The lowest BCUT2D eigenvalue weighted by Crippen LogP contribution is -2.47. The van der Waals surface area contributed by atoms with E-state index in [1.165, 1.54) is 12.1 Å². The Labute approximate surface area is 110 Å². The maximum absolute atomic E-state index is 13.3. The molecular formula is C13H17FN2O3. The van der Waals surface area contributed by atoms with Crippen LogP contribution in [0.5, 0.6) is 0 Å². The van der Waals surface area contributed by atoms with E-state index in [9.17, 15) is 14.3 Å². The number of ether oxygens (including phenoxy) is 1. The van der Waals surface area contributed by atoms with Gasteiger partial charge < -0.3 is 20.5 Å². The molecule has 1 heterocycles. The Hall–Kier alpha value is -1.66. The third-order valence-corrected chi connectivity index (χ3v) is 3.12. The monoisotopic (exact) mass is 268 g/mol. The Morgan fingerprint density at radius 1 is 1.37 bits per heavy atom. The number of carbonyl (C=O) groups excluding carboxylic acids is 1. The molecule has 0 saturated carbocycles. The van der Waals surface area contributed by atoms with Crippen LogP contribution in [0.2, 0.25) is 0 Å². The van der Waals surface area contributed by atoms with Crippen LogP contribution in [-0.4, -0.2) is 36.5 Å². The van der Waals surface area contributed by atoms with E-state index in [0.717, 1.165) is 0 Å². The Morgan fingerprint density at radius 2 is 2.05 bits per heavy atom. The molecule has 0 atom stereocenters. The maximum atomic E-state index is 13.3. The van der Waals surface area contributed by atoms with Crippen molar-refractivity contribution < 1.29 is 19.0 Å². The molecule has 0 unspecified atom stereocenters. The van der Waals surface area contributed by atoms with Gasteiger partial charge >= 0.3 is 6.03 Å². The summed E-state index contributed by atoms with van der Waals surface area (Å²) in [5.74, 6) is -0.498. The predicted octanol–water partition coefficient (Wildman–Crippen LogP) is 1.49. The minimum absolute atomic E-state index is 0.110. The van der Waals surface area contributed by atoms with Gasteiger partial charge in [0, 0.05) is 32.6 Å². The minimum Gasteiger partial charge on any atom is -0.388 e. The summed E-state index contributed by atoms with van der Waals surface area (Å²) in [5, 5.41) is 15.1. The molecular weight excluding hydrogens is 251 g/mol. The predicted molar refractivity (Wildman–Crippen MR) is 68.4 cm³/mol. The summed E-state index contributed by atoms with van der Waals surface area (Å²) in [6.07, 6.45) is 0.958. The van der Waals surface area contributed by atoms with Crippen molar-refractivity contribution in [2.24, 2.45) is 0 Å². The van der Waals surface area contributed by atoms with Crippen molar-refractivity contribution in [1.82, 2.24) is 5.32 Å². The average Bonchev–Trinajstić information content (AvgIpc) is 2.40. The van der Waals surface area contributed by atoms with Gasteiger partial charge in [-0.05, 0) is 12.1 Å². The van der Waals surface area contributed by atoms with E-state index in [4.69, 9.17) is 4.74 Å². The summed E-state index contributed by atoms with van der Waals surface area (Å²) >= 11 is 0. The zero-order chi connectivity index (χ0) is 13.7. The lowest BCUT2D eigenvalue weighted by molar-refractivity contribution is -0.0598. The van der Waals surface area contributed by atoms with E-state index in [2.05, 4.69) is 10.6 Å². The summed E-state index contributed by atoms with van der Waals surface area (Å²) in [4.78, 5) is 11.6. The van der Waals surface area contributed by atoms with Gasteiger partial charge in [0.25, 0.3) is 0 Å². The smallest absolute Gasteiger partial charge is 0.319 e. The fourth-order valence-corrected chi connectivity index (χ4v) is 1.90. The van der Waals surface area contributed by atoms with Crippen molar-refractivity contribution in [3.63, 3.8) is 0 Å². The Kier molecular flexibility index (Phi) is 4.34. The summed E-state index contributed by atoms with van der Waals surface area (Å²) in [7, 11) is 0. The minimum atomic E-state index is -0.940. The van der Waals surface area contributed by atoms with Gasteiger partial charge in [-0.2, -0.15) is 0 Å². The van der Waals surface area contributed by atoms with Crippen molar-refractivity contribution in [3.8, 4) is 0 Å². The quantitative estimate of drug-likeness (QED) is 0.777. The molecule has 1 aromatic rings. The van der Waals surface area contributed by atoms with Crippen molar-refractivity contribution in [2.45, 2.75) is 18.4 Å². The fourth-order valence-electron chi connectivity index (χ4n) is 1.90. The van der Waals surface area contributed by atoms with E-state index in [0.29, 0.717) is 26.1 Å². The van der Waals surface area contributed by atoms with Crippen molar-refractivity contribution in [1.29, 1.82) is 0 Å². The van der Waals surface area contributed by atoms with Crippen molar-refractivity contribution >= 4 is 11.7 Å². The first kappa shape index (κ1) is 13.8. The molecule has 3 N–H and O–H groups in total. The molecule has 5 nitrogen and oxygen atoms in total. The zero-order valence-electron chi connectivity index (χ0n) is 10.5. The molecule has 0 aliphatic carbocycles. The van der Waals surface area contributed by atoms with Gasteiger partial charge in [-0.1, -0.05) is 12.1 Å². The second-order valence-corrected chi connectivity index (χ2v) is 4.62. The maximum Gasteiger partial charge on any atom is 0.319 e. The summed E-state index contributed by atoms with van der Waals surface area (Å²) in [5.41, 5.74) is -0.830. The number of para-hydroxylation sites is 1. The highest BCUT2D eigenvalue weighted by Crippen LogP contribution is 2.19. The highest BCUT2D eigenvalue weighted by atomic mass is 19.1. The largest absolute Gasteiger partial charge is 0.388 e. The number of urea groups is 1. The highest BCUT2D eigenvalue weighted by Gasteiger charge is 2.30. The van der Waals surface area contributed by atoms with Crippen molar-refractivity contribution in [2.75, 3.05) is 25.1 Å². The number of rotatable bonds is 3. The fraction of sp³-hybridized carbons (Fsp3) is 0.462. The van der Waals surface area contributed by atoms with Crippen LogP contribution in [-0.2, 0) is 4.74 Å². The van der Waals surface area contributed by atoms with E-state index < -0.39 is 17.4 Å². The van der Waals surface area contributed by atoms with Crippen LogP contribution < -0.4 is 10.6 Å². The standard InChI is InChI=1S/C13H17FN2O3/c14-10-3-1-2-4-11(10)16-12(17)15-9-13(18)5-7-19-8-6-13/h1-4,18H,5-9H2,(H2,15,16,17). The number of carbonyl (C=O) groups is 1. The first-order valence-corrected chi connectivity index (χ1v) is 6.19. The molecule has 6 heteroatoms. The van der Waals surface area contributed by atoms with E-state index in [-0.39, 0.29) is 12.2 Å². The molecule has 19 heavy (non-hydrogen) atoms. The Balaban J connectivity index is 1.83. The van der Waals surface area contributed by atoms with Crippen LogP contribution in [0.3, 0.4) is 0 Å². The number of anilines is 1. The van der Waals surface area contributed by atoms with Gasteiger partial charge in [0.15, 0.2) is 0 Å². The second-order valence-electron chi connectivity index (χ2n) is 4.62. The van der Waals surface area contributed by atoms with E-state index in [1.54, 1.807) is 12.1 Å². The van der Waals surface area contributed by atoms with Gasteiger partial charge in [-0.15, -0.1) is 0 Å². The summed E-state index contributed by atoms with van der Waals surface area (Å²) in [6.45, 7) is 1.08. The van der Waals surface area contributed by atoms with Crippen molar-refractivity contribution in [3.05, 3.63) is 30.1 Å². The normalized spacial score (nSPS) is 17.8. The van der Waals surface area contributed by atoms with Gasteiger partial charge in [0.2, 0.25) is 0 Å². The highest BCUT2D eigenvalue weighted by molar-refractivity contribution is 5.89. The van der Waals surface area contributed by atoms with Gasteiger partial charge in [0.05, 0.1) is 11.3 Å². The van der Waals surface area contributed by atoms with Crippen LogP contribution >= 0.6 is 0 Å². The number of benzene rings is 1. The first-order chi connectivity index (χ1) is 9.09. The topological polar surface area (TPSA) is 70.6 Å². The molecule has 0 radical (unpaired) electrons. The summed E-state index contributed by atoms with van der Waals surface area (Å²) < 4.78 is 18.5. The molecule has 2 amide bonds. The second kappa shape index (κ2) is 5.99. The molecule has 1 aromatic carbocycles. The molecule has 0 spiro atoms. The van der Waals surface area contributed by atoms with Crippen LogP contribution in [0.25, 0.3) is 0 Å². The third-order valence-electron chi connectivity index (χ3n) is 3.12. The SMILES string of the molecule is O=C(NCC1(O)CCOCC1)Nc1ccccc1F. The van der Waals surface area contributed by atoms with Gasteiger partial charge in [-0.25, -0.2) is 9.18 Å². The molecule has 1 aliphatic rings. The molecule has 0 aromatic heterocycles. The number of amides is 2. The molecule has 1 saturated heterocycles.